The quantitative estimate of drug-likeness (QED) is 0.636. The van der Waals surface area contributed by atoms with Crippen LogP contribution in [0.25, 0.3) is 0 Å². The van der Waals surface area contributed by atoms with Crippen molar-refractivity contribution in [3.8, 4) is 0 Å². The Kier molecular flexibility index (Phi) is 1.99. The first kappa shape index (κ1) is 9.45. The molecule has 2 N–H and O–H groups in total. The summed E-state index contributed by atoms with van der Waals surface area (Å²) in [5.41, 5.74) is -0.800. The van der Waals surface area contributed by atoms with E-state index in [-0.39, 0.29) is 11.9 Å². The molecule has 78 valence electrons. The fourth-order valence-corrected chi connectivity index (χ4v) is 1.83. The zero-order chi connectivity index (χ0) is 10.3. The number of aliphatic carboxylic acids is 1. The molecular formula is C9H14N2O3. The predicted octanol–water partition coefficient (Wildman–Crippen LogP) is -0.576. The third-order valence-corrected chi connectivity index (χ3v) is 3.04. The number of hydrogen-bond acceptors (Lipinski definition) is 3. The summed E-state index contributed by atoms with van der Waals surface area (Å²) in [5.74, 6) is -0.822. The second-order valence-corrected chi connectivity index (χ2v) is 4.13. The summed E-state index contributed by atoms with van der Waals surface area (Å²) in [4.78, 5) is 24.0. The van der Waals surface area contributed by atoms with Crippen molar-refractivity contribution in [2.45, 2.75) is 30.8 Å². The van der Waals surface area contributed by atoms with Crippen molar-refractivity contribution in [3.05, 3.63) is 0 Å². The van der Waals surface area contributed by atoms with E-state index in [1.807, 2.05) is 0 Å². The number of nitrogens with zero attached hydrogens (tertiary/aromatic N) is 1. The molecule has 2 rings (SSSR count). The van der Waals surface area contributed by atoms with Gasteiger partial charge in [0, 0.05) is 13.6 Å². The van der Waals surface area contributed by atoms with Crippen LogP contribution in [0.3, 0.4) is 0 Å². The van der Waals surface area contributed by atoms with Gasteiger partial charge in [-0.25, -0.2) is 0 Å². The maximum absolute atomic E-state index is 11.5. The standard InChI is InChI=1S/C9H14N2O3/c1-11-5-2-6(7(11)12)10-9(3-4-9)8(13)14/h6,10H,2-5H2,1H3,(H,13,14). The lowest BCUT2D eigenvalue weighted by atomic mass is 10.2. The molecule has 1 aliphatic heterocycles. The van der Waals surface area contributed by atoms with Gasteiger partial charge in [0.1, 0.15) is 5.54 Å². The van der Waals surface area contributed by atoms with E-state index in [2.05, 4.69) is 5.32 Å². The molecule has 0 aromatic rings. The topological polar surface area (TPSA) is 69.6 Å². The van der Waals surface area contributed by atoms with Crippen LogP contribution in [0.4, 0.5) is 0 Å². The Morgan fingerprint density at radius 3 is 2.64 bits per heavy atom. The molecule has 5 heteroatoms. The highest BCUT2D eigenvalue weighted by Crippen LogP contribution is 2.36. The molecule has 0 aromatic heterocycles. The Morgan fingerprint density at radius 1 is 1.64 bits per heavy atom. The number of carboxylic acids is 1. The second kappa shape index (κ2) is 2.95. The van der Waals surface area contributed by atoms with Crippen LogP contribution in [0.1, 0.15) is 19.3 Å². The highest BCUT2D eigenvalue weighted by Gasteiger charge is 2.52. The lowest BCUT2D eigenvalue weighted by molar-refractivity contribution is -0.141. The second-order valence-electron chi connectivity index (χ2n) is 4.13. The van der Waals surface area contributed by atoms with E-state index >= 15 is 0 Å². The molecule has 1 unspecified atom stereocenters. The summed E-state index contributed by atoms with van der Waals surface area (Å²) < 4.78 is 0. The van der Waals surface area contributed by atoms with Crippen molar-refractivity contribution in [1.29, 1.82) is 0 Å². The Bertz CT molecular complexity index is 286. The van der Waals surface area contributed by atoms with E-state index in [1.165, 1.54) is 0 Å². The van der Waals surface area contributed by atoms with Crippen LogP contribution in [0, 0.1) is 0 Å². The fourth-order valence-electron chi connectivity index (χ4n) is 1.83. The summed E-state index contributed by atoms with van der Waals surface area (Å²) in [6.45, 7) is 0.714. The van der Waals surface area contributed by atoms with Gasteiger partial charge in [-0.05, 0) is 19.3 Å². The largest absolute Gasteiger partial charge is 0.480 e. The third kappa shape index (κ3) is 1.37. The molecule has 2 fully saturated rings. The summed E-state index contributed by atoms with van der Waals surface area (Å²) in [5, 5.41) is 11.9. The van der Waals surface area contributed by atoms with Gasteiger partial charge in [0.15, 0.2) is 0 Å². The maximum atomic E-state index is 11.5. The molecule has 0 spiro atoms. The van der Waals surface area contributed by atoms with Crippen LogP contribution in [-0.2, 0) is 9.59 Å². The van der Waals surface area contributed by atoms with Gasteiger partial charge in [-0.3, -0.25) is 14.9 Å². The van der Waals surface area contributed by atoms with E-state index in [1.54, 1.807) is 11.9 Å². The molecule has 5 nitrogen and oxygen atoms in total. The van der Waals surface area contributed by atoms with Crippen LogP contribution in [0.2, 0.25) is 0 Å². The van der Waals surface area contributed by atoms with Crippen LogP contribution in [0.15, 0.2) is 0 Å². The van der Waals surface area contributed by atoms with Gasteiger partial charge in [-0.2, -0.15) is 0 Å². The highest BCUT2D eigenvalue weighted by atomic mass is 16.4. The first-order valence-corrected chi connectivity index (χ1v) is 4.81. The molecular weight excluding hydrogens is 184 g/mol. The number of rotatable bonds is 3. The third-order valence-electron chi connectivity index (χ3n) is 3.04. The van der Waals surface area contributed by atoms with Crippen molar-refractivity contribution in [2.24, 2.45) is 0 Å². The van der Waals surface area contributed by atoms with Crippen molar-refractivity contribution in [1.82, 2.24) is 10.2 Å². The van der Waals surface area contributed by atoms with Crippen LogP contribution in [-0.4, -0.2) is 47.1 Å². The lowest BCUT2D eigenvalue weighted by Gasteiger charge is -2.17. The summed E-state index contributed by atoms with van der Waals surface area (Å²) >= 11 is 0. The van der Waals surface area contributed by atoms with E-state index in [0.717, 1.165) is 0 Å². The Balaban J connectivity index is 1.99. The molecule has 0 bridgehead atoms. The number of carbonyl (C=O) groups excluding carboxylic acids is 1. The van der Waals surface area contributed by atoms with Gasteiger partial charge >= 0.3 is 5.97 Å². The van der Waals surface area contributed by atoms with Gasteiger partial charge < -0.3 is 10.0 Å². The SMILES string of the molecule is CN1CCC(NC2(C(=O)O)CC2)C1=O. The average molecular weight is 198 g/mol. The minimum atomic E-state index is -0.833. The molecule has 14 heavy (non-hydrogen) atoms. The molecule has 1 aliphatic carbocycles. The van der Waals surface area contributed by atoms with Crippen LogP contribution < -0.4 is 5.32 Å². The fraction of sp³-hybridized carbons (Fsp3) is 0.778. The van der Waals surface area contributed by atoms with E-state index in [0.29, 0.717) is 25.8 Å². The molecule has 1 saturated heterocycles. The molecule has 1 atom stereocenters. The first-order valence-electron chi connectivity index (χ1n) is 4.81. The molecule has 1 saturated carbocycles. The average Bonchev–Trinajstić information content (AvgIpc) is 2.85. The minimum Gasteiger partial charge on any atom is -0.480 e. The summed E-state index contributed by atoms with van der Waals surface area (Å²) in [7, 11) is 1.74. The molecule has 1 amide bonds. The minimum absolute atomic E-state index is 0.0116. The lowest BCUT2D eigenvalue weighted by Crippen LogP contribution is -2.48. The van der Waals surface area contributed by atoms with Gasteiger partial charge in [0.25, 0.3) is 0 Å². The number of carbonyl (C=O) groups is 2. The number of carboxylic acid groups (broad SMARTS) is 1. The van der Waals surface area contributed by atoms with E-state index in [4.69, 9.17) is 5.11 Å². The molecule has 0 radical (unpaired) electrons. The Morgan fingerprint density at radius 2 is 2.29 bits per heavy atom. The highest BCUT2D eigenvalue weighted by molar-refractivity contribution is 5.87. The van der Waals surface area contributed by atoms with Crippen molar-refractivity contribution >= 4 is 11.9 Å². The first-order chi connectivity index (χ1) is 6.55. The number of likely N-dealkylation sites (tertiary alicyclic amines) is 1. The summed E-state index contributed by atoms with van der Waals surface area (Å²) in [6, 6.07) is -0.293. The van der Waals surface area contributed by atoms with E-state index in [9.17, 15) is 9.59 Å². The number of hydrogen-bond donors (Lipinski definition) is 2. The zero-order valence-corrected chi connectivity index (χ0v) is 8.12. The smallest absolute Gasteiger partial charge is 0.323 e. The van der Waals surface area contributed by atoms with Crippen LogP contribution in [0.5, 0.6) is 0 Å². The Labute approximate surface area is 82.1 Å². The monoisotopic (exact) mass is 198 g/mol. The molecule has 2 aliphatic rings. The number of nitrogens with one attached hydrogen (secondary N) is 1. The summed E-state index contributed by atoms with van der Waals surface area (Å²) in [6.07, 6.45) is 1.98. The molecule has 1 heterocycles. The van der Waals surface area contributed by atoms with Crippen molar-refractivity contribution in [3.63, 3.8) is 0 Å². The molecule has 0 aromatic carbocycles. The van der Waals surface area contributed by atoms with Crippen molar-refractivity contribution in [2.75, 3.05) is 13.6 Å². The van der Waals surface area contributed by atoms with E-state index < -0.39 is 11.5 Å². The van der Waals surface area contributed by atoms with Crippen LogP contribution >= 0.6 is 0 Å². The predicted molar refractivity (Wildman–Crippen MR) is 48.8 cm³/mol. The van der Waals surface area contributed by atoms with Gasteiger partial charge in [-0.1, -0.05) is 0 Å². The zero-order valence-electron chi connectivity index (χ0n) is 8.12. The maximum Gasteiger partial charge on any atom is 0.323 e. The van der Waals surface area contributed by atoms with Crippen molar-refractivity contribution < 1.29 is 14.7 Å². The van der Waals surface area contributed by atoms with Gasteiger partial charge in [0.05, 0.1) is 6.04 Å². The van der Waals surface area contributed by atoms with Gasteiger partial charge in [0.2, 0.25) is 5.91 Å². The van der Waals surface area contributed by atoms with Gasteiger partial charge in [-0.15, -0.1) is 0 Å². The number of amides is 1. The Hall–Kier alpha value is -1.10. The normalized spacial score (nSPS) is 29.4. The number of likely N-dealkylation sites (N-methyl/N-ethyl adjacent to an activating group) is 1.